The van der Waals surface area contributed by atoms with Crippen molar-refractivity contribution >= 4 is 11.7 Å². The van der Waals surface area contributed by atoms with E-state index in [1.807, 2.05) is 13.8 Å². The van der Waals surface area contributed by atoms with E-state index in [1.54, 1.807) is 4.52 Å². The zero-order chi connectivity index (χ0) is 12.4. The van der Waals surface area contributed by atoms with Gasteiger partial charge >= 0.3 is 0 Å². The van der Waals surface area contributed by atoms with E-state index in [0.717, 1.165) is 17.0 Å². The summed E-state index contributed by atoms with van der Waals surface area (Å²) in [4.78, 5) is 19.5. The highest BCUT2D eigenvalue weighted by Gasteiger charge is 2.11. The normalized spacial score (nSPS) is 10.8. The Morgan fingerprint density at radius 3 is 3.00 bits per heavy atom. The first kappa shape index (κ1) is 11.5. The van der Waals surface area contributed by atoms with Crippen LogP contribution in [0.4, 0.5) is 0 Å². The first-order valence-electron chi connectivity index (χ1n) is 5.28. The molecule has 0 bridgehead atoms. The molecule has 0 spiro atoms. The summed E-state index contributed by atoms with van der Waals surface area (Å²) in [6, 6.07) is 0. The fourth-order valence-electron chi connectivity index (χ4n) is 1.83. The quantitative estimate of drug-likeness (QED) is 0.430. The van der Waals surface area contributed by atoms with Crippen LogP contribution in [0.15, 0.2) is 6.33 Å². The van der Waals surface area contributed by atoms with E-state index >= 15 is 0 Å². The fraction of sp³-hybridized carbons (Fsp3) is 0.400. The number of nitrogens with zero attached hydrogens (tertiary/aromatic N) is 4. The number of rotatable bonds is 3. The van der Waals surface area contributed by atoms with Gasteiger partial charge in [-0.25, -0.2) is 15.3 Å². The lowest BCUT2D eigenvalue weighted by molar-refractivity contribution is -0.121. The van der Waals surface area contributed by atoms with Gasteiger partial charge in [0.2, 0.25) is 5.91 Å². The predicted molar refractivity (Wildman–Crippen MR) is 60.9 cm³/mol. The Hall–Kier alpha value is -2.02. The average Bonchev–Trinajstić information content (AvgIpc) is 2.76. The zero-order valence-corrected chi connectivity index (χ0v) is 9.77. The van der Waals surface area contributed by atoms with E-state index in [9.17, 15) is 4.79 Å². The van der Waals surface area contributed by atoms with Gasteiger partial charge in [-0.15, -0.1) is 0 Å². The van der Waals surface area contributed by atoms with E-state index in [2.05, 4.69) is 20.5 Å². The SMILES string of the molecule is Cc1nc2ncnn2c(C)c1CCC(=O)NN. The standard InChI is InChI=1S/C10H14N6O/c1-6-8(3-4-9(17)15-11)7(2)16-10(14-6)12-5-13-16/h5H,3-4,11H2,1-2H3,(H,15,17). The number of fused-ring (bicyclic) bond motifs is 1. The van der Waals surface area contributed by atoms with Gasteiger partial charge in [0.25, 0.3) is 5.78 Å². The van der Waals surface area contributed by atoms with E-state index in [0.29, 0.717) is 18.6 Å². The van der Waals surface area contributed by atoms with E-state index in [-0.39, 0.29) is 5.91 Å². The highest BCUT2D eigenvalue weighted by atomic mass is 16.2. The van der Waals surface area contributed by atoms with Gasteiger partial charge in [-0.1, -0.05) is 0 Å². The summed E-state index contributed by atoms with van der Waals surface area (Å²) in [5.74, 6) is 5.43. The molecule has 0 atom stereocenters. The summed E-state index contributed by atoms with van der Waals surface area (Å²) in [7, 11) is 0. The Bertz CT molecular complexity index is 561. The number of carbonyl (C=O) groups is 1. The van der Waals surface area contributed by atoms with Gasteiger partial charge in [-0.05, 0) is 25.8 Å². The van der Waals surface area contributed by atoms with E-state index < -0.39 is 0 Å². The summed E-state index contributed by atoms with van der Waals surface area (Å²) < 4.78 is 1.67. The third-order valence-electron chi connectivity index (χ3n) is 2.75. The number of hydrogen-bond donors (Lipinski definition) is 2. The average molecular weight is 234 g/mol. The largest absolute Gasteiger partial charge is 0.294 e. The topological polar surface area (TPSA) is 98.2 Å². The zero-order valence-electron chi connectivity index (χ0n) is 9.77. The van der Waals surface area contributed by atoms with Gasteiger partial charge in [0.15, 0.2) is 0 Å². The van der Waals surface area contributed by atoms with Crippen LogP contribution in [-0.2, 0) is 11.2 Å². The molecule has 7 nitrogen and oxygen atoms in total. The number of aromatic nitrogens is 4. The Balaban J connectivity index is 2.35. The minimum absolute atomic E-state index is 0.192. The summed E-state index contributed by atoms with van der Waals surface area (Å²) in [6.07, 6.45) is 2.38. The van der Waals surface area contributed by atoms with Crippen LogP contribution in [0.25, 0.3) is 5.78 Å². The molecule has 17 heavy (non-hydrogen) atoms. The molecule has 0 saturated carbocycles. The molecule has 0 radical (unpaired) electrons. The van der Waals surface area contributed by atoms with Crippen LogP contribution in [0, 0.1) is 13.8 Å². The second-order valence-corrected chi connectivity index (χ2v) is 3.80. The second-order valence-electron chi connectivity index (χ2n) is 3.80. The molecule has 90 valence electrons. The van der Waals surface area contributed by atoms with Crippen LogP contribution >= 0.6 is 0 Å². The van der Waals surface area contributed by atoms with Gasteiger partial charge in [0.1, 0.15) is 6.33 Å². The summed E-state index contributed by atoms with van der Waals surface area (Å²) in [5, 5.41) is 4.09. The van der Waals surface area contributed by atoms with Crippen LogP contribution in [0.5, 0.6) is 0 Å². The molecule has 0 aromatic carbocycles. The Kier molecular flexibility index (Phi) is 3.01. The molecule has 0 unspecified atom stereocenters. The summed E-state index contributed by atoms with van der Waals surface area (Å²) in [5.41, 5.74) is 4.94. The lowest BCUT2D eigenvalue weighted by Crippen LogP contribution is -2.30. The number of amides is 1. The van der Waals surface area contributed by atoms with Crippen molar-refractivity contribution < 1.29 is 4.79 Å². The van der Waals surface area contributed by atoms with Crippen LogP contribution < -0.4 is 11.3 Å². The van der Waals surface area contributed by atoms with Crippen LogP contribution in [-0.4, -0.2) is 25.5 Å². The van der Waals surface area contributed by atoms with Crippen molar-refractivity contribution in [1.82, 2.24) is 25.0 Å². The molecule has 2 rings (SSSR count). The molecule has 0 saturated heterocycles. The molecule has 2 aromatic rings. The van der Waals surface area contributed by atoms with Gasteiger partial charge in [-0.3, -0.25) is 10.2 Å². The maximum atomic E-state index is 11.1. The molecule has 0 aliphatic rings. The highest BCUT2D eigenvalue weighted by molar-refractivity contribution is 5.75. The molecule has 1 amide bonds. The number of aryl methyl sites for hydroxylation is 2. The van der Waals surface area contributed by atoms with Crippen molar-refractivity contribution in [2.45, 2.75) is 26.7 Å². The molecule has 0 fully saturated rings. The van der Waals surface area contributed by atoms with Crippen molar-refractivity contribution in [3.05, 3.63) is 23.3 Å². The minimum atomic E-state index is -0.192. The molecule has 0 aliphatic carbocycles. The number of hydrogen-bond acceptors (Lipinski definition) is 5. The van der Waals surface area contributed by atoms with Crippen molar-refractivity contribution in [2.75, 3.05) is 0 Å². The van der Waals surface area contributed by atoms with Crippen molar-refractivity contribution in [1.29, 1.82) is 0 Å². The lowest BCUT2D eigenvalue weighted by atomic mass is 10.1. The third kappa shape index (κ3) is 2.09. The second kappa shape index (κ2) is 4.46. The lowest BCUT2D eigenvalue weighted by Gasteiger charge is -2.09. The van der Waals surface area contributed by atoms with Crippen molar-refractivity contribution in [2.24, 2.45) is 5.84 Å². The van der Waals surface area contributed by atoms with Gasteiger partial charge < -0.3 is 0 Å². The number of nitrogens with one attached hydrogen (secondary N) is 1. The summed E-state index contributed by atoms with van der Waals surface area (Å²) in [6.45, 7) is 3.84. The molecule has 0 aliphatic heterocycles. The number of hydrazine groups is 1. The molecule has 3 N–H and O–H groups in total. The number of nitrogens with two attached hydrogens (primary N) is 1. The van der Waals surface area contributed by atoms with Crippen LogP contribution in [0.1, 0.15) is 23.4 Å². The maximum absolute atomic E-state index is 11.1. The Labute approximate surface area is 98.0 Å². The van der Waals surface area contributed by atoms with Gasteiger partial charge in [-0.2, -0.15) is 10.1 Å². The van der Waals surface area contributed by atoms with Gasteiger partial charge in [0.05, 0.1) is 0 Å². The minimum Gasteiger partial charge on any atom is -0.294 e. The third-order valence-corrected chi connectivity index (χ3v) is 2.75. The first-order valence-corrected chi connectivity index (χ1v) is 5.28. The van der Waals surface area contributed by atoms with Crippen molar-refractivity contribution in [3.8, 4) is 0 Å². The van der Waals surface area contributed by atoms with Crippen molar-refractivity contribution in [3.63, 3.8) is 0 Å². The van der Waals surface area contributed by atoms with E-state index in [1.165, 1.54) is 6.33 Å². The first-order chi connectivity index (χ1) is 8.13. The Morgan fingerprint density at radius 1 is 1.53 bits per heavy atom. The van der Waals surface area contributed by atoms with Crippen LogP contribution in [0.3, 0.4) is 0 Å². The summed E-state index contributed by atoms with van der Waals surface area (Å²) >= 11 is 0. The number of carbonyl (C=O) groups excluding carboxylic acids is 1. The van der Waals surface area contributed by atoms with Crippen LogP contribution in [0.2, 0.25) is 0 Å². The molecule has 7 heteroatoms. The predicted octanol–water partition coefficient (Wildman–Crippen LogP) is -0.336. The maximum Gasteiger partial charge on any atom is 0.252 e. The Morgan fingerprint density at radius 2 is 2.29 bits per heavy atom. The molecule has 2 heterocycles. The highest BCUT2D eigenvalue weighted by Crippen LogP contribution is 2.14. The monoisotopic (exact) mass is 234 g/mol. The van der Waals surface area contributed by atoms with Gasteiger partial charge in [0, 0.05) is 17.8 Å². The van der Waals surface area contributed by atoms with E-state index in [4.69, 9.17) is 5.84 Å². The smallest absolute Gasteiger partial charge is 0.252 e. The fourth-order valence-corrected chi connectivity index (χ4v) is 1.83. The molecular formula is C10H14N6O. The molecule has 2 aromatic heterocycles. The molecular weight excluding hydrogens is 220 g/mol.